The van der Waals surface area contributed by atoms with Gasteiger partial charge < -0.3 is 9.64 Å². The van der Waals surface area contributed by atoms with Crippen LogP contribution in [0, 0.1) is 11.7 Å². The molecule has 0 amide bonds. The third-order valence-electron chi connectivity index (χ3n) is 5.24. The number of benzene rings is 1. The Hall–Kier alpha value is -1.94. The van der Waals surface area contributed by atoms with E-state index in [1.807, 2.05) is 12.2 Å². The Bertz CT molecular complexity index is 678. The smallest absolute Gasteiger partial charge is 0.134 e. The molecule has 0 saturated carbocycles. The van der Waals surface area contributed by atoms with E-state index in [9.17, 15) is 8.78 Å². The normalized spacial score (nSPS) is 25.9. The fraction of sp³-hybridized carbons (Fsp3) is 0.429. The first kappa shape index (κ1) is 17.9. The number of ether oxygens (including phenoxy) is 1. The lowest BCUT2D eigenvalue weighted by Crippen LogP contribution is -2.63. The molecule has 2 nitrogen and oxygen atoms in total. The van der Waals surface area contributed by atoms with Crippen LogP contribution in [-0.2, 0) is 4.74 Å². The van der Waals surface area contributed by atoms with Crippen LogP contribution < -0.4 is 4.90 Å². The molecular weight excluding hydrogens is 320 g/mol. The molecule has 3 rings (SSSR count). The lowest BCUT2D eigenvalue weighted by Gasteiger charge is -2.54. The summed E-state index contributed by atoms with van der Waals surface area (Å²) in [6, 6.07) is 6.94. The Morgan fingerprint density at radius 3 is 2.64 bits per heavy atom. The number of allylic oxidation sites excluding steroid dienone is 6. The lowest BCUT2D eigenvalue weighted by atomic mass is 9.82. The van der Waals surface area contributed by atoms with Gasteiger partial charge in [0, 0.05) is 24.8 Å². The number of anilines is 1. The summed E-state index contributed by atoms with van der Waals surface area (Å²) in [6.45, 7) is 2.19. The quantitative estimate of drug-likeness (QED) is 0.672. The summed E-state index contributed by atoms with van der Waals surface area (Å²) >= 11 is 0. The molecule has 4 heteroatoms. The summed E-state index contributed by atoms with van der Waals surface area (Å²) in [4.78, 5) is 2.20. The fourth-order valence-corrected chi connectivity index (χ4v) is 3.84. The van der Waals surface area contributed by atoms with E-state index < -0.39 is 0 Å². The van der Waals surface area contributed by atoms with E-state index in [4.69, 9.17) is 4.74 Å². The molecule has 1 aromatic carbocycles. The molecule has 1 saturated heterocycles. The minimum Gasteiger partial charge on any atom is -0.361 e. The Kier molecular flexibility index (Phi) is 5.69. The molecule has 1 aliphatic carbocycles. The molecule has 0 radical (unpaired) electrons. The van der Waals surface area contributed by atoms with Crippen LogP contribution in [0.1, 0.15) is 32.6 Å². The molecule has 3 unspecified atom stereocenters. The first-order valence-corrected chi connectivity index (χ1v) is 8.88. The van der Waals surface area contributed by atoms with Crippen LogP contribution in [0.2, 0.25) is 0 Å². The minimum absolute atomic E-state index is 0.0285. The molecule has 1 aliphatic heterocycles. The van der Waals surface area contributed by atoms with Crippen LogP contribution in [0.5, 0.6) is 0 Å². The molecule has 2 aliphatic rings. The molecule has 134 valence electrons. The van der Waals surface area contributed by atoms with Crippen molar-refractivity contribution < 1.29 is 13.5 Å². The Morgan fingerprint density at radius 2 is 1.92 bits per heavy atom. The maximum absolute atomic E-state index is 13.2. The van der Waals surface area contributed by atoms with Crippen molar-refractivity contribution in [2.24, 2.45) is 5.92 Å². The zero-order valence-corrected chi connectivity index (χ0v) is 14.8. The zero-order chi connectivity index (χ0) is 17.8. The van der Waals surface area contributed by atoms with E-state index in [-0.39, 0.29) is 17.9 Å². The van der Waals surface area contributed by atoms with Crippen LogP contribution in [0.25, 0.3) is 0 Å². The molecule has 1 aromatic rings. The number of hydrogen-bond acceptors (Lipinski definition) is 2. The summed E-state index contributed by atoms with van der Waals surface area (Å²) in [7, 11) is 1.73. The molecule has 0 spiro atoms. The highest BCUT2D eigenvalue weighted by atomic mass is 19.1. The largest absolute Gasteiger partial charge is 0.361 e. The van der Waals surface area contributed by atoms with Crippen molar-refractivity contribution in [2.75, 3.05) is 12.0 Å². The Labute approximate surface area is 148 Å². The molecule has 25 heavy (non-hydrogen) atoms. The topological polar surface area (TPSA) is 12.5 Å². The number of nitrogens with zero attached hydrogens (tertiary/aromatic N) is 1. The first-order valence-electron chi connectivity index (χ1n) is 8.88. The van der Waals surface area contributed by atoms with Gasteiger partial charge in [-0.05, 0) is 69.0 Å². The van der Waals surface area contributed by atoms with Crippen molar-refractivity contribution in [3.8, 4) is 0 Å². The van der Waals surface area contributed by atoms with Gasteiger partial charge in [0.2, 0.25) is 0 Å². The fourth-order valence-electron chi connectivity index (χ4n) is 3.84. The number of halogens is 2. The summed E-state index contributed by atoms with van der Waals surface area (Å²) in [5.74, 6) is 0.0416. The van der Waals surface area contributed by atoms with Crippen molar-refractivity contribution in [3.05, 3.63) is 65.8 Å². The average Bonchev–Trinajstić information content (AvgIpc) is 2.82. The van der Waals surface area contributed by atoms with Gasteiger partial charge in [-0.15, -0.1) is 0 Å². The molecule has 1 fully saturated rings. The van der Waals surface area contributed by atoms with Gasteiger partial charge in [0.1, 0.15) is 17.9 Å². The highest BCUT2D eigenvalue weighted by Gasteiger charge is 2.45. The van der Waals surface area contributed by atoms with Crippen LogP contribution in [0.4, 0.5) is 14.5 Å². The van der Waals surface area contributed by atoms with Gasteiger partial charge in [0.05, 0.1) is 0 Å². The number of methoxy groups -OCH3 is 1. The number of rotatable bonds is 6. The van der Waals surface area contributed by atoms with Gasteiger partial charge in [-0.2, -0.15) is 0 Å². The molecule has 3 atom stereocenters. The predicted molar refractivity (Wildman–Crippen MR) is 97.5 cm³/mol. The Balaban J connectivity index is 1.55. The van der Waals surface area contributed by atoms with Crippen LogP contribution in [0.3, 0.4) is 0 Å². The van der Waals surface area contributed by atoms with Crippen LogP contribution >= 0.6 is 0 Å². The monoisotopic (exact) mass is 345 g/mol. The van der Waals surface area contributed by atoms with E-state index in [1.54, 1.807) is 25.3 Å². The molecule has 0 aromatic heterocycles. The summed E-state index contributed by atoms with van der Waals surface area (Å²) in [5.41, 5.74) is 2.26. The van der Waals surface area contributed by atoms with Crippen molar-refractivity contribution in [2.45, 2.75) is 44.9 Å². The van der Waals surface area contributed by atoms with E-state index in [1.165, 1.54) is 23.8 Å². The van der Waals surface area contributed by atoms with Crippen molar-refractivity contribution in [1.29, 1.82) is 0 Å². The van der Waals surface area contributed by atoms with Gasteiger partial charge in [-0.1, -0.05) is 17.7 Å². The maximum atomic E-state index is 13.2. The van der Waals surface area contributed by atoms with E-state index in [0.29, 0.717) is 12.0 Å². The van der Waals surface area contributed by atoms with E-state index in [2.05, 4.69) is 11.8 Å². The molecule has 1 heterocycles. The van der Waals surface area contributed by atoms with Crippen molar-refractivity contribution in [3.63, 3.8) is 0 Å². The maximum Gasteiger partial charge on any atom is 0.134 e. The third-order valence-corrected chi connectivity index (χ3v) is 5.24. The summed E-state index contributed by atoms with van der Waals surface area (Å²) in [5, 5.41) is 0. The minimum atomic E-state index is -0.223. The second-order valence-corrected chi connectivity index (χ2v) is 6.79. The summed E-state index contributed by atoms with van der Waals surface area (Å²) in [6.07, 6.45) is 10.8. The highest BCUT2D eigenvalue weighted by molar-refractivity contribution is 5.51. The van der Waals surface area contributed by atoms with E-state index >= 15 is 0 Å². The zero-order valence-electron chi connectivity index (χ0n) is 14.8. The van der Waals surface area contributed by atoms with Crippen molar-refractivity contribution in [1.82, 2.24) is 0 Å². The first-order chi connectivity index (χ1) is 12.1. The van der Waals surface area contributed by atoms with Crippen molar-refractivity contribution >= 4 is 5.69 Å². The SMILES string of the molecule is COC1C(CCCC2=CC=C(F)C=CC2)C(C)N1c1ccc(F)cc1. The average molecular weight is 345 g/mol. The Morgan fingerprint density at radius 1 is 1.16 bits per heavy atom. The third kappa shape index (κ3) is 4.01. The highest BCUT2D eigenvalue weighted by Crippen LogP contribution is 2.40. The predicted octanol–water partition coefficient (Wildman–Crippen LogP) is 5.53. The standard InChI is InChI=1S/C21H25F2NO/c1-15-20(8-4-6-16-5-3-7-17(22)10-9-16)21(25-2)24(15)19-13-11-18(23)12-14-19/h3,7,9-15,20-21H,4-6,8H2,1-2H3. The van der Waals surface area contributed by atoms with Gasteiger partial charge in [-0.3, -0.25) is 0 Å². The van der Waals surface area contributed by atoms with Gasteiger partial charge in [0.25, 0.3) is 0 Å². The van der Waals surface area contributed by atoms with Gasteiger partial charge >= 0.3 is 0 Å². The van der Waals surface area contributed by atoms with Crippen LogP contribution in [0.15, 0.2) is 60.0 Å². The molecular formula is C21H25F2NO. The second-order valence-electron chi connectivity index (χ2n) is 6.79. The second kappa shape index (κ2) is 7.96. The summed E-state index contributed by atoms with van der Waals surface area (Å²) < 4.78 is 32.0. The van der Waals surface area contributed by atoms with Gasteiger partial charge in [-0.25, -0.2) is 8.78 Å². The number of hydrogen-bond donors (Lipinski definition) is 0. The van der Waals surface area contributed by atoms with Crippen LogP contribution in [-0.4, -0.2) is 19.4 Å². The molecule has 0 N–H and O–H groups in total. The molecule has 0 bridgehead atoms. The lowest BCUT2D eigenvalue weighted by molar-refractivity contribution is -0.0288. The van der Waals surface area contributed by atoms with Gasteiger partial charge in [0.15, 0.2) is 0 Å². The van der Waals surface area contributed by atoms with E-state index in [0.717, 1.165) is 31.4 Å².